The largest absolute Gasteiger partial charge is 0.389 e. The van der Waals surface area contributed by atoms with Gasteiger partial charge in [-0.1, -0.05) is 49.6 Å². The number of benzene rings is 1. The van der Waals surface area contributed by atoms with Crippen molar-refractivity contribution in [1.29, 1.82) is 0 Å². The van der Waals surface area contributed by atoms with Gasteiger partial charge in [-0.25, -0.2) is 0 Å². The summed E-state index contributed by atoms with van der Waals surface area (Å²) in [5.41, 5.74) is 2.52. The summed E-state index contributed by atoms with van der Waals surface area (Å²) in [6.07, 6.45) is 4.79. The molecule has 3 unspecified atom stereocenters. The third-order valence-corrected chi connectivity index (χ3v) is 4.20. The van der Waals surface area contributed by atoms with E-state index in [1.807, 2.05) is 0 Å². The van der Waals surface area contributed by atoms with Gasteiger partial charge in [0, 0.05) is 13.1 Å². The van der Waals surface area contributed by atoms with Gasteiger partial charge in [0.1, 0.15) is 0 Å². The van der Waals surface area contributed by atoms with E-state index in [9.17, 15) is 5.11 Å². The van der Waals surface area contributed by atoms with E-state index in [0.717, 1.165) is 25.3 Å². The molecule has 21 heavy (non-hydrogen) atoms. The second-order valence-corrected chi connectivity index (χ2v) is 6.50. The molecule has 2 rings (SSSR count). The molecular formula is C18H29NO2. The number of aryl methyl sites for hydroxylation is 1. The fraction of sp³-hybridized carbons (Fsp3) is 0.667. The Morgan fingerprint density at radius 3 is 3.00 bits per heavy atom. The first kappa shape index (κ1) is 16.5. The Morgan fingerprint density at radius 2 is 2.24 bits per heavy atom. The van der Waals surface area contributed by atoms with Gasteiger partial charge in [-0.2, -0.15) is 0 Å². The first-order chi connectivity index (χ1) is 10.1. The first-order valence-corrected chi connectivity index (χ1v) is 8.19. The van der Waals surface area contributed by atoms with Crippen molar-refractivity contribution in [1.82, 2.24) is 5.32 Å². The van der Waals surface area contributed by atoms with E-state index in [1.165, 1.54) is 24.0 Å². The standard InChI is InChI=1S/C18H29NO2/c1-14-5-3-7-16(9-14)11-19-12-17(20)13-21-18-8-4-6-15(2)10-18/h3,5,7,9,15,17-20H,4,6,8,10-13H2,1-2H3. The second kappa shape index (κ2) is 8.52. The van der Waals surface area contributed by atoms with Crippen molar-refractivity contribution in [2.75, 3.05) is 13.2 Å². The number of hydrogen-bond donors (Lipinski definition) is 2. The van der Waals surface area contributed by atoms with E-state index < -0.39 is 6.10 Å². The van der Waals surface area contributed by atoms with Gasteiger partial charge in [-0.3, -0.25) is 0 Å². The van der Waals surface area contributed by atoms with E-state index in [1.54, 1.807) is 0 Å². The van der Waals surface area contributed by atoms with Crippen molar-refractivity contribution in [2.24, 2.45) is 5.92 Å². The average Bonchev–Trinajstić information content (AvgIpc) is 2.45. The molecule has 1 saturated carbocycles. The normalized spacial score (nSPS) is 24.0. The highest BCUT2D eigenvalue weighted by Gasteiger charge is 2.20. The zero-order valence-electron chi connectivity index (χ0n) is 13.3. The summed E-state index contributed by atoms with van der Waals surface area (Å²) in [4.78, 5) is 0. The lowest BCUT2D eigenvalue weighted by atomic mass is 9.89. The van der Waals surface area contributed by atoms with Crippen LogP contribution in [0.3, 0.4) is 0 Å². The third kappa shape index (κ3) is 6.16. The fourth-order valence-electron chi connectivity index (χ4n) is 3.04. The van der Waals surface area contributed by atoms with Crippen LogP contribution in [0, 0.1) is 12.8 Å². The molecule has 0 amide bonds. The molecule has 0 heterocycles. The monoisotopic (exact) mass is 291 g/mol. The van der Waals surface area contributed by atoms with Crippen molar-refractivity contribution in [3.05, 3.63) is 35.4 Å². The molecule has 0 radical (unpaired) electrons. The molecule has 3 atom stereocenters. The highest BCUT2D eigenvalue weighted by Crippen LogP contribution is 2.25. The zero-order valence-corrected chi connectivity index (χ0v) is 13.3. The van der Waals surface area contributed by atoms with Gasteiger partial charge >= 0.3 is 0 Å². The van der Waals surface area contributed by atoms with Crippen LogP contribution in [0.2, 0.25) is 0 Å². The molecule has 118 valence electrons. The van der Waals surface area contributed by atoms with Crippen LogP contribution in [0.15, 0.2) is 24.3 Å². The van der Waals surface area contributed by atoms with Crippen LogP contribution in [0.5, 0.6) is 0 Å². The molecule has 2 N–H and O–H groups in total. The van der Waals surface area contributed by atoms with Gasteiger partial charge in [0.05, 0.1) is 18.8 Å². The van der Waals surface area contributed by atoms with Crippen LogP contribution in [-0.4, -0.2) is 30.5 Å². The van der Waals surface area contributed by atoms with Crippen molar-refractivity contribution >= 4 is 0 Å². The minimum atomic E-state index is -0.424. The number of rotatable bonds is 7. The molecule has 0 aliphatic heterocycles. The van der Waals surface area contributed by atoms with E-state index in [2.05, 4.69) is 43.4 Å². The molecule has 1 aliphatic carbocycles. The van der Waals surface area contributed by atoms with Gasteiger partial charge in [0.15, 0.2) is 0 Å². The Morgan fingerprint density at radius 1 is 1.38 bits per heavy atom. The first-order valence-electron chi connectivity index (χ1n) is 8.19. The Balaban J connectivity index is 1.60. The lowest BCUT2D eigenvalue weighted by molar-refractivity contribution is -0.0306. The highest BCUT2D eigenvalue weighted by atomic mass is 16.5. The molecule has 1 aromatic carbocycles. The van der Waals surface area contributed by atoms with E-state index >= 15 is 0 Å². The predicted molar refractivity (Wildman–Crippen MR) is 86.3 cm³/mol. The fourth-order valence-corrected chi connectivity index (χ4v) is 3.04. The Hall–Kier alpha value is -0.900. The Kier molecular flexibility index (Phi) is 6.68. The molecule has 0 aromatic heterocycles. The molecule has 0 spiro atoms. The Labute approximate surface area is 128 Å². The third-order valence-electron chi connectivity index (χ3n) is 4.20. The number of nitrogens with one attached hydrogen (secondary N) is 1. The van der Waals surface area contributed by atoms with Crippen LogP contribution in [-0.2, 0) is 11.3 Å². The highest BCUT2D eigenvalue weighted by molar-refractivity contribution is 5.21. The van der Waals surface area contributed by atoms with E-state index in [4.69, 9.17) is 4.74 Å². The summed E-state index contributed by atoms with van der Waals surface area (Å²) in [5.74, 6) is 0.764. The zero-order chi connectivity index (χ0) is 15.1. The maximum absolute atomic E-state index is 9.99. The summed E-state index contributed by atoms with van der Waals surface area (Å²) in [5, 5.41) is 13.3. The topological polar surface area (TPSA) is 41.5 Å². The van der Waals surface area contributed by atoms with Crippen LogP contribution in [0.25, 0.3) is 0 Å². The number of ether oxygens (including phenoxy) is 1. The average molecular weight is 291 g/mol. The Bertz CT molecular complexity index is 421. The lowest BCUT2D eigenvalue weighted by Crippen LogP contribution is -2.33. The van der Waals surface area contributed by atoms with Crippen LogP contribution in [0.1, 0.15) is 43.7 Å². The van der Waals surface area contributed by atoms with Gasteiger partial charge in [-0.05, 0) is 31.2 Å². The quantitative estimate of drug-likeness (QED) is 0.811. The van der Waals surface area contributed by atoms with Crippen LogP contribution in [0.4, 0.5) is 0 Å². The second-order valence-electron chi connectivity index (χ2n) is 6.50. The smallest absolute Gasteiger partial charge is 0.0897 e. The van der Waals surface area contributed by atoms with Crippen molar-refractivity contribution < 1.29 is 9.84 Å². The molecule has 3 nitrogen and oxygen atoms in total. The van der Waals surface area contributed by atoms with Gasteiger partial charge in [0.2, 0.25) is 0 Å². The molecule has 3 heteroatoms. The lowest BCUT2D eigenvalue weighted by Gasteiger charge is -2.27. The minimum absolute atomic E-state index is 0.347. The minimum Gasteiger partial charge on any atom is -0.389 e. The molecule has 0 bridgehead atoms. The molecular weight excluding hydrogens is 262 g/mol. The number of hydrogen-bond acceptors (Lipinski definition) is 3. The SMILES string of the molecule is Cc1cccc(CNCC(O)COC2CCCC(C)C2)c1. The summed E-state index contributed by atoms with van der Waals surface area (Å²) in [6, 6.07) is 8.43. The molecule has 1 fully saturated rings. The summed E-state index contributed by atoms with van der Waals surface area (Å²) >= 11 is 0. The molecule has 1 aromatic rings. The number of aliphatic hydroxyl groups excluding tert-OH is 1. The van der Waals surface area contributed by atoms with Gasteiger partial charge in [-0.15, -0.1) is 0 Å². The van der Waals surface area contributed by atoms with Gasteiger partial charge < -0.3 is 15.2 Å². The maximum atomic E-state index is 9.99. The predicted octanol–water partition coefficient (Wildman–Crippen LogP) is 3.04. The van der Waals surface area contributed by atoms with Gasteiger partial charge in [0.25, 0.3) is 0 Å². The van der Waals surface area contributed by atoms with Crippen LogP contribution >= 0.6 is 0 Å². The summed E-state index contributed by atoms with van der Waals surface area (Å²) in [6.45, 7) is 6.19. The van der Waals surface area contributed by atoms with Crippen molar-refractivity contribution in [3.63, 3.8) is 0 Å². The van der Waals surface area contributed by atoms with E-state index in [-0.39, 0.29) is 0 Å². The number of aliphatic hydroxyl groups is 1. The maximum Gasteiger partial charge on any atom is 0.0897 e. The van der Waals surface area contributed by atoms with E-state index in [0.29, 0.717) is 19.3 Å². The summed E-state index contributed by atoms with van der Waals surface area (Å²) in [7, 11) is 0. The summed E-state index contributed by atoms with van der Waals surface area (Å²) < 4.78 is 5.85. The molecule has 1 aliphatic rings. The van der Waals surface area contributed by atoms with Crippen LogP contribution < -0.4 is 5.32 Å². The van der Waals surface area contributed by atoms with Crippen molar-refractivity contribution in [3.8, 4) is 0 Å². The van der Waals surface area contributed by atoms with Crippen molar-refractivity contribution in [2.45, 2.75) is 58.3 Å². The molecule has 0 saturated heterocycles.